The first-order valence-corrected chi connectivity index (χ1v) is 4.05. The summed E-state index contributed by atoms with van der Waals surface area (Å²) in [5.74, 6) is 0.608. The Morgan fingerprint density at radius 2 is 2.54 bits per heavy atom. The van der Waals surface area contributed by atoms with Crippen LogP contribution in [0.15, 0.2) is 18.9 Å². The summed E-state index contributed by atoms with van der Waals surface area (Å²) in [6.45, 7) is 3.57. The van der Waals surface area contributed by atoms with Crippen LogP contribution in [0.3, 0.4) is 0 Å². The summed E-state index contributed by atoms with van der Waals surface area (Å²) >= 11 is 0. The SMILES string of the molecule is C=CCC(O)c1c(OC)cnn1C. The molecule has 13 heavy (non-hydrogen) atoms. The molecule has 1 aromatic rings. The molecule has 72 valence electrons. The molecule has 0 aliphatic rings. The molecule has 0 saturated heterocycles. The zero-order valence-corrected chi connectivity index (χ0v) is 7.90. The molecule has 1 N–H and O–H groups in total. The topological polar surface area (TPSA) is 47.3 Å². The van der Waals surface area contributed by atoms with E-state index in [2.05, 4.69) is 11.7 Å². The first-order chi connectivity index (χ1) is 6.20. The second kappa shape index (κ2) is 4.09. The number of nitrogens with zero attached hydrogens (tertiary/aromatic N) is 2. The molecule has 0 aliphatic heterocycles. The molecule has 0 spiro atoms. The first-order valence-electron chi connectivity index (χ1n) is 4.05. The Morgan fingerprint density at radius 3 is 3.08 bits per heavy atom. The molecule has 0 bridgehead atoms. The van der Waals surface area contributed by atoms with E-state index in [9.17, 15) is 5.11 Å². The van der Waals surface area contributed by atoms with Crippen LogP contribution in [0.1, 0.15) is 18.2 Å². The highest BCUT2D eigenvalue weighted by atomic mass is 16.5. The van der Waals surface area contributed by atoms with E-state index in [1.54, 1.807) is 31.1 Å². The largest absolute Gasteiger partial charge is 0.493 e. The maximum atomic E-state index is 9.69. The second-order valence-corrected chi connectivity index (χ2v) is 2.76. The summed E-state index contributed by atoms with van der Waals surface area (Å²) in [5, 5.41) is 13.7. The third-order valence-corrected chi connectivity index (χ3v) is 1.87. The van der Waals surface area contributed by atoms with Crippen molar-refractivity contribution in [3.8, 4) is 5.75 Å². The van der Waals surface area contributed by atoms with Gasteiger partial charge in [-0.1, -0.05) is 6.08 Å². The molecular formula is C9H14N2O2. The molecule has 1 unspecified atom stereocenters. The minimum Gasteiger partial charge on any atom is -0.493 e. The molecule has 0 amide bonds. The van der Waals surface area contributed by atoms with Crippen LogP contribution in [0, 0.1) is 0 Å². The fourth-order valence-corrected chi connectivity index (χ4v) is 1.23. The maximum Gasteiger partial charge on any atom is 0.162 e. The quantitative estimate of drug-likeness (QED) is 0.708. The number of aromatic nitrogens is 2. The van der Waals surface area contributed by atoms with Crippen molar-refractivity contribution in [2.24, 2.45) is 7.05 Å². The van der Waals surface area contributed by atoms with Crippen molar-refractivity contribution < 1.29 is 9.84 Å². The van der Waals surface area contributed by atoms with Gasteiger partial charge in [-0.05, 0) is 6.42 Å². The summed E-state index contributed by atoms with van der Waals surface area (Å²) in [7, 11) is 3.32. The van der Waals surface area contributed by atoms with E-state index in [1.165, 1.54) is 0 Å². The average molecular weight is 182 g/mol. The number of rotatable bonds is 4. The molecule has 0 aliphatic carbocycles. The number of aryl methyl sites for hydroxylation is 1. The van der Waals surface area contributed by atoms with E-state index in [1.807, 2.05) is 0 Å². The maximum absolute atomic E-state index is 9.69. The lowest BCUT2D eigenvalue weighted by molar-refractivity contribution is 0.167. The van der Waals surface area contributed by atoms with Crippen molar-refractivity contribution >= 4 is 0 Å². The predicted molar refractivity (Wildman–Crippen MR) is 49.5 cm³/mol. The van der Waals surface area contributed by atoms with Gasteiger partial charge in [-0.2, -0.15) is 5.10 Å². The molecule has 4 heteroatoms. The van der Waals surface area contributed by atoms with Crippen LogP contribution in [-0.2, 0) is 7.05 Å². The number of hydrogen-bond acceptors (Lipinski definition) is 3. The van der Waals surface area contributed by atoms with Gasteiger partial charge in [0, 0.05) is 7.05 Å². The minimum atomic E-state index is -0.597. The highest BCUT2D eigenvalue weighted by molar-refractivity contribution is 5.27. The highest BCUT2D eigenvalue weighted by Gasteiger charge is 2.16. The molecule has 0 saturated carbocycles. The summed E-state index contributed by atoms with van der Waals surface area (Å²) in [6.07, 6.45) is 3.15. The normalized spacial score (nSPS) is 12.5. The van der Waals surface area contributed by atoms with Crippen molar-refractivity contribution in [3.05, 3.63) is 24.5 Å². The Bertz CT molecular complexity index is 294. The van der Waals surface area contributed by atoms with Crippen molar-refractivity contribution in [1.29, 1.82) is 0 Å². The van der Waals surface area contributed by atoms with Crippen molar-refractivity contribution in [2.75, 3.05) is 7.11 Å². The van der Waals surface area contributed by atoms with E-state index in [-0.39, 0.29) is 0 Å². The zero-order valence-electron chi connectivity index (χ0n) is 7.90. The smallest absolute Gasteiger partial charge is 0.162 e. The number of hydrogen-bond donors (Lipinski definition) is 1. The summed E-state index contributed by atoms with van der Waals surface area (Å²) in [6, 6.07) is 0. The van der Waals surface area contributed by atoms with E-state index < -0.39 is 6.10 Å². The molecule has 1 atom stereocenters. The third-order valence-electron chi connectivity index (χ3n) is 1.87. The molecule has 0 aromatic carbocycles. The van der Waals surface area contributed by atoms with Crippen LogP contribution in [0.4, 0.5) is 0 Å². The van der Waals surface area contributed by atoms with Crippen LogP contribution >= 0.6 is 0 Å². The van der Waals surface area contributed by atoms with Crippen LogP contribution in [0.5, 0.6) is 5.75 Å². The molecule has 1 aromatic heterocycles. The molecule has 0 fully saturated rings. The monoisotopic (exact) mass is 182 g/mol. The Labute approximate surface area is 77.4 Å². The van der Waals surface area contributed by atoms with Gasteiger partial charge in [0.15, 0.2) is 5.75 Å². The molecule has 4 nitrogen and oxygen atoms in total. The predicted octanol–water partition coefficient (Wildman–Crippen LogP) is 1.04. The van der Waals surface area contributed by atoms with Crippen LogP contribution in [0.2, 0.25) is 0 Å². The van der Waals surface area contributed by atoms with Gasteiger partial charge in [0.25, 0.3) is 0 Å². The van der Waals surface area contributed by atoms with Gasteiger partial charge in [0.05, 0.1) is 13.3 Å². The Kier molecular flexibility index (Phi) is 3.08. The lowest BCUT2D eigenvalue weighted by Gasteiger charge is -2.10. The van der Waals surface area contributed by atoms with Crippen LogP contribution < -0.4 is 4.74 Å². The number of aliphatic hydroxyl groups is 1. The van der Waals surface area contributed by atoms with E-state index in [4.69, 9.17) is 4.74 Å². The number of ether oxygens (including phenoxy) is 1. The van der Waals surface area contributed by atoms with Gasteiger partial charge in [-0.15, -0.1) is 6.58 Å². The van der Waals surface area contributed by atoms with Crippen molar-refractivity contribution in [2.45, 2.75) is 12.5 Å². The van der Waals surface area contributed by atoms with Gasteiger partial charge in [0.2, 0.25) is 0 Å². The summed E-state index contributed by atoms with van der Waals surface area (Å²) < 4.78 is 6.66. The fourth-order valence-electron chi connectivity index (χ4n) is 1.23. The Hall–Kier alpha value is -1.29. The van der Waals surface area contributed by atoms with Gasteiger partial charge in [-0.3, -0.25) is 4.68 Å². The van der Waals surface area contributed by atoms with Crippen LogP contribution in [0.25, 0.3) is 0 Å². The van der Waals surface area contributed by atoms with Gasteiger partial charge >= 0.3 is 0 Å². The van der Waals surface area contributed by atoms with Crippen molar-refractivity contribution in [1.82, 2.24) is 9.78 Å². The molecule has 0 radical (unpaired) electrons. The van der Waals surface area contributed by atoms with Gasteiger partial charge in [-0.25, -0.2) is 0 Å². The zero-order chi connectivity index (χ0) is 9.84. The standard InChI is InChI=1S/C9H14N2O2/c1-4-5-7(12)9-8(13-3)6-10-11(9)2/h4,6-7,12H,1,5H2,2-3H3. The van der Waals surface area contributed by atoms with Crippen molar-refractivity contribution in [3.63, 3.8) is 0 Å². The average Bonchev–Trinajstić information content (AvgIpc) is 2.47. The summed E-state index contributed by atoms with van der Waals surface area (Å²) in [5.41, 5.74) is 0.683. The Balaban J connectivity index is 2.95. The minimum absolute atomic E-state index is 0.496. The third kappa shape index (κ3) is 1.89. The number of aliphatic hydroxyl groups excluding tert-OH is 1. The summed E-state index contributed by atoms with van der Waals surface area (Å²) in [4.78, 5) is 0. The second-order valence-electron chi connectivity index (χ2n) is 2.76. The number of methoxy groups -OCH3 is 1. The lowest BCUT2D eigenvalue weighted by Crippen LogP contribution is -2.05. The lowest BCUT2D eigenvalue weighted by atomic mass is 10.2. The molecule has 1 rings (SSSR count). The first kappa shape index (κ1) is 9.80. The van der Waals surface area contributed by atoms with Crippen LogP contribution in [-0.4, -0.2) is 22.0 Å². The highest BCUT2D eigenvalue weighted by Crippen LogP contribution is 2.26. The van der Waals surface area contributed by atoms with E-state index in [0.29, 0.717) is 17.9 Å². The van der Waals surface area contributed by atoms with Gasteiger partial charge < -0.3 is 9.84 Å². The van der Waals surface area contributed by atoms with E-state index >= 15 is 0 Å². The molecular weight excluding hydrogens is 168 g/mol. The molecule has 1 heterocycles. The Morgan fingerprint density at radius 1 is 1.85 bits per heavy atom. The van der Waals surface area contributed by atoms with E-state index in [0.717, 1.165) is 0 Å². The fraction of sp³-hybridized carbons (Fsp3) is 0.444. The van der Waals surface area contributed by atoms with Gasteiger partial charge in [0.1, 0.15) is 11.8 Å².